The summed E-state index contributed by atoms with van der Waals surface area (Å²) in [5.74, 6) is -2.07. The van der Waals surface area contributed by atoms with E-state index in [9.17, 15) is 18.0 Å². The minimum atomic E-state index is -5.08. The maximum atomic E-state index is 10.9. The second-order valence-corrected chi connectivity index (χ2v) is 6.39. The predicted molar refractivity (Wildman–Crippen MR) is 99.2 cm³/mol. The van der Waals surface area contributed by atoms with Crippen molar-refractivity contribution >= 4 is 38.5 Å². The first kappa shape index (κ1) is 21.4. The number of anilines is 1. The first-order chi connectivity index (χ1) is 13.2. The number of pyridine rings is 1. The van der Waals surface area contributed by atoms with E-state index in [1.807, 2.05) is 18.2 Å². The SMILES string of the molecule is O=C(O)C(F)(F)F.O=c1[nH]nc(CCCNc2ccnc3ccc(Br)cc23)[nH]1. The summed E-state index contributed by atoms with van der Waals surface area (Å²) in [6.45, 7) is 0.792. The van der Waals surface area contributed by atoms with Gasteiger partial charge >= 0.3 is 17.8 Å². The number of hydrogen-bond donors (Lipinski definition) is 4. The molecule has 3 rings (SSSR count). The molecule has 0 aliphatic rings. The first-order valence-electron chi connectivity index (χ1n) is 7.88. The normalized spacial score (nSPS) is 11.0. The van der Waals surface area contributed by atoms with E-state index in [0.29, 0.717) is 5.82 Å². The van der Waals surface area contributed by atoms with E-state index in [4.69, 9.17) is 9.90 Å². The lowest BCUT2D eigenvalue weighted by atomic mass is 10.2. The van der Waals surface area contributed by atoms with Gasteiger partial charge in [-0.05, 0) is 30.7 Å². The van der Waals surface area contributed by atoms with Crippen molar-refractivity contribution in [1.82, 2.24) is 20.2 Å². The highest BCUT2D eigenvalue weighted by molar-refractivity contribution is 9.10. The fourth-order valence-corrected chi connectivity index (χ4v) is 2.54. The molecule has 0 amide bonds. The number of carbonyl (C=O) groups is 1. The number of carboxylic acid groups (broad SMARTS) is 1. The van der Waals surface area contributed by atoms with E-state index < -0.39 is 12.1 Å². The highest BCUT2D eigenvalue weighted by Crippen LogP contribution is 2.25. The van der Waals surface area contributed by atoms with E-state index in [0.717, 1.165) is 40.4 Å². The van der Waals surface area contributed by atoms with Crippen LogP contribution >= 0.6 is 15.9 Å². The Labute approximate surface area is 164 Å². The number of alkyl halides is 3. The number of H-pyrrole nitrogens is 2. The summed E-state index contributed by atoms with van der Waals surface area (Å²) < 4.78 is 32.8. The summed E-state index contributed by atoms with van der Waals surface area (Å²) >= 11 is 3.48. The van der Waals surface area contributed by atoms with Crippen LogP contribution in [0.3, 0.4) is 0 Å². The zero-order chi connectivity index (χ0) is 20.7. The van der Waals surface area contributed by atoms with E-state index in [2.05, 4.69) is 47.5 Å². The van der Waals surface area contributed by atoms with Crippen molar-refractivity contribution < 1.29 is 23.1 Å². The van der Waals surface area contributed by atoms with Gasteiger partial charge in [0.25, 0.3) is 0 Å². The van der Waals surface area contributed by atoms with Crippen LogP contribution in [0.1, 0.15) is 12.2 Å². The third-order valence-electron chi connectivity index (χ3n) is 3.40. The monoisotopic (exact) mass is 461 g/mol. The number of halogens is 4. The van der Waals surface area contributed by atoms with Gasteiger partial charge in [0.1, 0.15) is 5.82 Å². The average Bonchev–Trinajstić information content (AvgIpc) is 3.04. The number of nitrogens with one attached hydrogen (secondary N) is 3. The van der Waals surface area contributed by atoms with Crippen molar-refractivity contribution in [2.24, 2.45) is 0 Å². The molecule has 1 aromatic carbocycles. The minimum absolute atomic E-state index is 0.261. The van der Waals surface area contributed by atoms with Gasteiger partial charge in [-0.25, -0.2) is 14.7 Å². The lowest BCUT2D eigenvalue weighted by Gasteiger charge is -2.09. The maximum absolute atomic E-state index is 10.9. The predicted octanol–water partition coefficient (Wildman–Crippen LogP) is 3.09. The van der Waals surface area contributed by atoms with Crippen molar-refractivity contribution in [2.45, 2.75) is 19.0 Å². The summed E-state index contributed by atoms with van der Waals surface area (Å²) in [6, 6.07) is 7.98. The van der Waals surface area contributed by atoms with Crippen LogP contribution in [0.5, 0.6) is 0 Å². The van der Waals surface area contributed by atoms with Crippen LogP contribution in [0.25, 0.3) is 10.9 Å². The molecule has 2 aromatic heterocycles. The van der Waals surface area contributed by atoms with E-state index >= 15 is 0 Å². The Morgan fingerprint density at radius 3 is 2.61 bits per heavy atom. The van der Waals surface area contributed by atoms with Crippen LogP contribution in [-0.2, 0) is 11.2 Å². The molecule has 12 heteroatoms. The third kappa shape index (κ3) is 6.37. The van der Waals surface area contributed by atoms with Gasteiger partial charge in [-0.2, -0.15) is 18.3 Å². The molecule has 2 heterocycles. The second kappa shape index (κ2) is 9.35. The number of hydrogen-bond acceptors (Lipinski definition) is 5. The fraction of sp³-hybridized carbons (Fsp3) is 0.250. The third-order valence-corrected chi connectivity index (χ3v) is 3.90. The molecule has 0 saturated carbocycles. The van der Waals surface area contributed by atoms with Gasteiger partial charge in [0.05, 0.1) is 5.52 Å². The molecule has 4 N–H and O–H groups in total. The topological polar surface area (TPSA) is 124 Å². The van der Waals surface area contributed by atoms with Crippen molar-refractivity contribution in [2.75, 3.05) is 11.9 Å². The molecule has 28 heavy (non-hydrogen) atoms. The summed E-state index contributed by atoms with van der Waals surface area (Å²) in [4.78, 5) is 26.8. The molecule has 0 radical (unpaired) electrons. The molecule has 0 saturated heterocycles. The molecular weight excluding hydrogens is 447 g/mol. The Balaban J connectivity index is 0.000000345. The highest BCUT2D eigenvalue weighted by Gasteiger charge is 2.38. The Morgan fingerprint density at radius 2 is 2.00 bits per heavy atom. The quantitative estimate of drug-likeness (QED) is 0.432. The number of aliphatic carboxylic acids is 1. The van der Waals surface area contributed by atoms with Crippen LogP contribution in [0.2, 0.25) is 0 Å². The van der Waals surface area contributed by atoms with Crippen molar-refractivity contribution in [3.05, 3.63) is 51.2 Å². The van der Waals surface area contributed by atoms with E-state index in [1.165, 1.54) is 0 Å². The van der Waals surface area contributed by atoms with E-state index in [-0.39, 0.29) is 5.69 Å². The van der Waals surface area contributed by atoms with Gasteiger partial charge in [-0.3, -0.25) is 9.97 Å². The number of aromatic amines is 2. The molecule has 0 spiro atoms. The van der Waals surface area contributed by atoms with Crippen LogP contribution < -0.4 is 11.0 Å². The molecular formula is C16H15BrF3N5O3. The molecule has 150 valence electrons. The van der Waals surface area contributed by atoms with Crippen LogP contribution in [0, 0.1) is 0 Å². The van der Waals surface area contributed by atoms with E-state index in [1.54, 1.807) is 6.20 Å². The molecule has 8 nitrogen and oxygen atoms in total. The Hall–Kier alpha value is -2.89. The van der Waals surface area contributed by atoms with Crippen LogP contribution in [0.15, 0.2) is 39.7 Å². The lowest BCUT2D eigenvalue weighted by molar-refractivity contribution is -0.192. The highest BCUT2D eigenvalue weighted by atomic mass is 79.9. The average molecular weight is 462 g/mol. The van der Waals surface area contributed by atoms with Crippen molar-refractivity contribution in [1.29, 1.82) is 0 Å². The van der Waals surface area contributed by atoms with Crippen LogP contribution in [-0.4, -0.2) is 44.0 Å². The minimum Gasteiger partial charge on any atom is -0.475 e. The summed E-state index contributed by atoms with van der Waals surface area (Å²) in [6.07, 6.45) is -1.69. The van der Waals surface area contributed by atoms with Crippen LogP contribution in [0.4, 0.5) is 18.9 Å². The standard InChI is InChI=1S/C14H14BrN5O.C2HF3O2/c15-9-3-4-11-10(8-9)12(5-7-17-11)16-6-1-2-13-18-14(21)20-19-13;3-2(4,5)1(6)7/h3-5,7-8H,1-2,6H2,(H,16,17)(H2,18,19,20,21);(H,6,7). The fourth-order valence-electron chi connectivity index (χ4n) is 2.18. The molecule has 0 aliphatic heterocycles. The number of aromatic nitrogens is 4. The van der Waals surface area contributed by atoms with Gasteiger partial charge in [0.2, 0.25) is 0 Å². The summed E-state index contributed by atoms with van der Waals surface area (Å²) in [7, 11) is 0. The zero-order valence-corrected chi connectivity index (χ0v) is 15.8. The Morgan fingerprint density at radius 1 is 1.29 bits per heavy atom. The zero-order valence-electron chi connectivity index (χ0n) is 14.2. The number of fused-ring (bicyclic) bond motifs is 1. The molecule has 0 bridgehead atoms. The molecule has 0 fully saturated rings. The lowest BCUT2D eigenvalue weighted by Crippen LogP contribution is -2.21. The summed E-state index contributed by atoms with van der Waals surface area (Å²) in [5.41, 5.74) is 1.75. The molecule has 0 unspecified atom stereocenters. The van der Waals surface area contributed by atoms with Gasteiger partial charge < -0.3 is 10.4 Å². The second-order valence-electron chi connectivity index (χ2n) is 5.48. The largest absolute Gasteiger partial charge is 0.490 e. The number of rotatable bonds is 5. The number of aryl methyl sites for hydroxylation is 1. The molecule has 0 atom stereocenters. The molecule has 3 aromatic rings. The van der Waals surface area contributed by atoms with Gasteiger partial charge in [0, 0.05) is 34.7 Å². The number of benzene rings is 1. The number of carboxylic acids is 1. The Kier molecular flexibility index (Phi) is 7.15. The van der Waals surface area contributed by atoms with Gasteiger partial charge in [0.15, 0.2) is 0 Å². The summed E-state index contributed by atoms with van der Waals surface area (Å²) in [5, 5.41) is 17.9. The van der Waals surface area contributed by atoms with Gasteiger partial charge in [-0.1, -0.05) is 15.9 Å². The van der Waals surface area contributed by atoms with Crippen molar-refractivity contribution in [3.8, 4) is 0 Å². The first-order valence-corrected chi connectivity index (χ1v) is 8.68. The molecule has 0 aliphatic carbocycles. The smallest absolute Gasteiger partial charge is 0.475 e. The van der Waals surface area contributed by atoms with Crippen molar-refractivity contribution in [3.63, 3.8) is 0 Å². The Bertz CT molecular complexity index is 1000. The van der Waals surface area contributed by atoms with Gasteiger partial charge in [-0.15, -0.1) is 0 Å². The maximum Gasteiger partial charge on any atom is 0.490 e. The number of nitrogens with zero attached hydrogens (tertiary/aromatic N) is 2.